The summed E-state index contributed by atoms with van der Waals surface area (Å²) in [4.78, 5) is 9.06. The van der Waals surface area contributed by atoms with Crippen molar-refractivity contribution in [3.05, 3.63) is 102 Å². The van der Waals surface area contributed by atoms with Gasteiger partial charge in [0, 0.05) is 37.9 Å². The van der Waals surface area contributed by atoms with E-state index in [9.17, 15) is 21.9 Å². The molecule has 0 aliphatic carbocycles. The molecule has 0 radical (unpaired) electrons. The Morgan fingerprint density at radius 1 is 0.854 bits per heavy atom. The molecule has 10 nitrogen and oxygen atoms in total. The van der Waals surface area contributed by atoms with Crippen molar-refractivity contribution in [3.8, 4) is 17.0 Å². The summed E-state index contributed by atoms with van der Waals surface area (Å²) in [5, 5.41) is 12.6. The highest BCUT2D eigenvalue weighted by molar-refractivity contribution is 7.89. The van der Waals surface area contributed by atoms with Crippen molar-refractivity contribution in [1.29, 1.82) is 0 Å². The molecule has 0 saturated carbocycles. The van der Waals surface area contributed by atoms with E-state index in [1.807, 2.05) is 36.4 Å². The maximum Gasteiger partial charge on any atom is 0.240 e. The molecule has 0 saturated heterocycles. The highest BCUT2D eigenvalue weighted by Crippen LogP contribution is 2.21. The summed E-state index contributed by atoms with van der Waals surface area (Å²) < 4.78 is 53.7. The zero-order valence-corrected chi connectivity index (χ0v) is 24.3. The van der Waals surface area contributed by atoms with E-state index in [1.54, 1.807) is 42.6 Å². The number of hydrogen-bond acceptors (Lipinski definition) is 8. The molecule has 0 aliphatic heterocycles. The van der Waals surface area contributed by atoms with Crippen molar-refractivity contribution in [1.82, 2.24) is 19.0 Å². The Labute approximate surface area is 241 Å². The summed E-state index contributed by atoms with van der Waals surface area (Å²) >= 11 is 0. The van der Waals surface area contributed by atoms with Crippen molar-refractivity contribution in [2.75, 3.05) is 31.2 Å². The normalized spacial score (nSPS) is 12.0. The minimum absolute atomic E-state index is 0.104. The molecule has 0 atom stereocenters. The zero-order chi connectivity index (χ0) is 29.3. The number of nitrogens with zero attached hydrogens (tertiary/aromatic N) is 3. The van der Waals surface area contributed by atoms with Crippen LogP contribution >= 0.6 is 0 Å². The minimum atomic E-state index is -3.66. The molecule has 4 aromatic rings. The predicted molar refractivity (Wildman–Crippen MR) is 159 cm³/mol. The third-order valence-corrected chi connectivity index (χ3v) is 9.00. The number of aromatic hydroxyl groups is 1. The number of rotatable bonds is 14. The van der Waals surface area contributed by atoms with Crippen LogP contribution in [0, 0.1) is 0 Å². The first-order valence-electron chi connectivity index (χ1n) is 13.0. The third-order valence-electron chi connectivity index (χ3n) is 6.27. The van der Waals surface area contributed by atoms with Gasteiger partial charge in [0.15, 0.2) is 0 Å². The number of benzene rings is 3. The van der Waals surface area contributed by atoms with Gasteiger partial charge < -0.3 is 10.4 Å². The number of phenols is 1. The standard InChI is InChI=1S/C29H33N5O5S2/c1-40(36,37)34(20-6-17-32-41(38,39)27-9-3-2-4-10-27)22-24-7-5-8-25(21-24)28-16-19-31-29(33-28)30-18-15-23-11-13-26(35)14-12-23/h2-5,7-14,16,19,21,32,35H,6,15,17-18,20,22H2,1H3,(H,30,31,33). The highest BCUT2D eigenvalue weighted by Gasteiger charge is 2.18. The first-order valence-corrected chi connectivity index (χ1v) is 16.4. The molecule has 0 spiro atoms. The van der Waals surface area contributed by atoms with Crippen LogP contribution in [0.1, 0.15) is 17.5 Å². The van der Waals surface area contributed by atoms with Gasteiger partial charge in [-0.25, -0.2) is 31.5 Å². The molecule has 4 rings (SSSR count). The number of hydrogen-bond donors (Lipinski definition) is 3. The van der Waals surface area contributed by atoms with Gasteiger partial charge in [0.1, 0.15) is 5.75 Å². The van der Waals surface area contributed by atoms with Crippen molar-refractivity contribution in [2.45, 2.75) is 24.3 Å². The van der Waals surface area contributed by atoms with Gasteiger partial charge >= 0.3 is 0 Å². The lowest BCUT2D eigenvalue weighted by Gasteiger charge is -2.20. The number of aromatic nitrogens is 2. The van der Waals surface area contributed by atoms with E-state index in [2.05, 4.69) is 20.0 Å². The molecular formula is C29H33N5O5S2. The highest BCUT2D eigenvalue weighted by atomic mass is 32.2. The fraction of sp³-hybridized carbons (Fsp3) is 0.241. The summed E-state index contributed by atoms with van der Waals surface area (Å²) in [6, 6.07) is 24.3. The molecule has 216 valence electrons. The fourth-order valence-corrected chi connectivity index (χ4v) is 6.07. The van der Waals surface area contributed by atoms with Gasteiger partial charge in [0.25, 0.3) is 0 Å². The van der Waals surface area contributed by atoms with Gasteiger partial charge in [-0.3, -0.25) is 0 Å². The molecule has 0 bridgehead atoms. The second-order valence-corrected chi connectivity index (χ2v) is 13.2. The van der Waals surface area contributed by atoms with Crippen LogP contribution in [0.15, 0.2) is 96.0 Å². The van der Waals surface area contributed by atoms with Crippen LogP contribution in [0.2, 0.25) is 0 Å². The average molecular weight is 596 g/mol. The molecule has 0 fully saturated rings. The maximum atomic E-state index is 12.5. The Bertz CT molecular complexity index is 1650. The minimum Gasteiger partial charge on any atom is -0.508 e. The van der Waals surface area contributed by atoms with E-state index in [0.717, 1.165) is 29.4 Å². The summed E-state index contributed by atoms with van der Waals surface area (Å²) in [6.45, 7) is 1.01. The second kappa shape index (κ2) is 13.7. The molecule has 0 unspecified atom stereocenters. The first kappa shape index (κ1) is 30.1. The van der Waals surface area contributed by atoms with Crippen LogP contribution in [0.4, 0.5) is 5.95 Å². The van der Waals surface area contributed by atoms with E-state index in [4.69, 9.17) is 0 Å². The van der Waals surface area contributed by atoms with Crippen LogP contribution in [0.3, 0.4) is 0 Å². The lowest BCUT2D eigenvalue weighted by molar-refractivity contribution is 0.403. The van der Waals surface area contributed by atoms with E-state index in [0.29, 0.717) is 24.6 Å². The molecule has 3 aromatic carbocycles. The van der Waals surface area contributed by atoms with Gasteiger partial charge in [-0.15, -0.1) is 0 Å². The molecular weight excluding hydrogens is 562 g/mol. The molecule has 0 amide bonds. The molecule has 1 heterocycles. The Balaban J connectivity index is 1.36. The Morgan fingerprint density at radius 2 is 1.61 bits per heavy atom. The number of phenolic OH excluding ortho intramolecular Hbond substituents is 1. The summed E-state index contributed by atoms with van der Waals surface area (Å²) in [6.07, 6.45) is 3.85. The Hall–Kier alpha value is -3.84. The maximum absolute atomic E-state index is 12.5. The Morgan fingerprint density at radius 3 is 2.34 bits per heavy atom. The van der Waals surface area contributed by atoms with E-state index >= 15 is 0 Å². The van der Waals surface area contributed by atoms with Crippen molar-refractivity contribution in [3.63, 3.8) is 0 Å². The fourth-order valence-electron chi connectivity index (χ4n) is 4.13. The van der Waals surface area contributed by atoms with Crippen molar-refractivity contribution in [2.24, 2.45) is 0 Å². The summed E-state index contributed by atoms with van der Waals surface area (Å²) in [5.41, 5.74) is 3.35. The van der Waals surface area contributed by atoms with Gasteiger partial charge in [-0.2, -0.15) is 4.31 Å². The number of anilines is 1. The molecule has 1 aromatic heterocycles. The molecule has 0 aliphatic rings. The first-order chi connectivity index (χ1) is 19.6. The van der Waals surface area contributed by atoms with Crippen LogP contribution in [0.5, 0.6) is 5.75 Å². The molecule has 3 N–H and O–H groups in total. The summed E-state index contributed by atoms with van der Waals surface area (Å²) in [5.74, 6) is 0.702. The van der Waals surface area contributed by atoms with E-state index < -0.39 is 20.0 Å². The number of nitrogens with one attached hydrogen (secondary N) is 2. The van der Waals surface area contributed by atoms with E-state index in [-0.39, 0.29) is 30.3 Å². The monoisotopic (exact) mass is 595 g/mol. The molecule has 12 heteroatoms. The van der Waals surface area contributed by atoms with Gasteiger partial charge in [0.2, 0.25) is 26.0 Å². The van der Waals surface area contributed by atoms with Crippen LogP contribution < -0.4 is 10.0 Å². The van der Waals surface area contributed by atoms with Crippen LogP contribution in [0.25, 0.3) is 11.3 Å². The SMILES string of the molecule is CS(=O)(=O)N(CCCNS(=O)(=O)c1ccccc1)Cc1cccc(-c2ccnc(NCCc3ccc(O)cc3)n2)c1. The quantitative estimate of drug-likeness (QED) is 0.188. The van der Waals surface area contributed by atoms with Crippen LogP contribution in [-0.4, -0.2) is 62.1 Å². The zero-order valence-electron chi connectivity index (χ0n) is 22.6. The lowest BCUT2D eigenvalue weighted by Crippen LogP contribution is -2.33. The number of sulfonamides is 2. The van der Waals surface area contributed by atoms with E-state index in [1.165, 1.54) is 16.4 Å². The average Bonchev–Trinajstić information content (AvgIpc) is 2.96. The molecule has 41 heavy (non-hydrogen) atoms. The van der Waals surface area contributed by atoms with Gasteiger partial charge in [-0.05, 0) is 60.4 Å². The summed E-state index contributed by atoms with van der Waals surface area (Å²) in [7, 11) is -7.20. The lowest BCUT2D eigenvalue weighted by atomic mass is 10.1. The Kier molecular flexibility index (Phi) is 10.1. The van der Waals surface area contributed by atoms with Crippen molar-refractivity contribution >= 4 is 26.0 Å². The van der Waals surface area contributed by atoms with Gasteiger partial charge in [-0.1, -0.05) is 48.5 Å². The van der Waals surface area contributed by atoms with Gasteiger partial charge in [0.05, 0.1) is 16.8 Å². The third kappa shape index (κ3) is 9.08. The topological polar surface area (TPSA) is 142 Å². The van der Waals surface area contributed by atoms with Crippen LogP contribution in [-0.2, 0) is 33.0 Å². The predicted octanol–water partition coefficient (Wildman–Crippen LogP) is 3.63. The second-order valence-electron chi connectivity index (χ2n) is 9.47. The smallest absolute Gasteiger partial charge is 0.240 e. The van der Waals surface area contributed by atoms with Crippen molar-refractivity contribution < 1.29 is 21.9 Å². The largest absolute Gasteiger partial charge is 0.508 e.